The van der Waals surface area contributed by atoms with Gasteiger partial charge in [0, 0.05) is 47.7 Å². The second-order valence-corrected chi connectivity index (χ2v) is 11.5. The number of fused-ring (bicyclic) bond motifs is 1. The van der Waals surface area contributed by atoms with Crippen LogP contribution in [0.15, 0.2) is 76.2 Å². The molecule has 0 spiro atoms. The van der Waals surface area contributed by atoms with Crippen LogP contribution >= 0.6 is 15.9 Å². The molecule has 42 heavy (non-hydrogen) atoms. The Bertz CT molecular complexity index is 1600. The van der Waals surface area contributed by atoms with Crippen LogP contribution in [0.5, 0.6) is 5.88 Å². The summed E-state index contributed by atoms with van der Waals surface area (Å²) in [6.45, 7) is 1.97. The molecule has 1 aromatic heterocycles. The molecule has 4 aromatic rings. The van der Waals surface area contributed by atoms with Gasteiger partial charge in [0.2, 0.25) is 5.91 Å². The fourth-order valence-corrected chi connectivity index (χ4v) is 4.96. The number of aryl methyl sites for hydroxylation is 1. The number of aromatic amines is 1. The van der Waals surface area contributed by atoms with Crippen LogP contribution in [-0.4, -0.2) is 90.4 Å². The number of nitrogens with one attached hydrogen (secondary N) is 1. The number of hydrogen-bond donors (Lipinski definition) is 3. The predicted molar refractivity (Wildman–Crippen MR) is 171 cm³/mol. The summed E-state index contributed by atoms with van der Waals surface area (Å²) in [6, 6.07) is 20.6. The lowest BCUT2D eigenvalue weighted by atomic mass is 9.98. The summed E-state index contributed by atoms with van der Waals surface area (Å²) in [7, 11) is 7.71. The maximum absolute atomic E-state index is 12.9. The number of aromatic hydroxyl groups is 1. The van der Waals surface area contributed by atoms with Gasteiger partial charge in [-0.2, -0.15) is 0 Å². The van der Waals surface area contributed by atoms with E-state index in [1.54, 1.807) is 11.9 Å². The average molecular weight is 635 g/mol. The van der Waals surface area contributed by atoms with Gasteiger partial charge in [0.05, 0.1) is 29.0 Å². The Labute approximate surface area is 254 Å². The van der Waals surface area contributed by atoms with Crippen LogP contribution in [0, 0.1) is 0 Å². The van der Waals surface area contributed by atoms with Gasteiger partial charge >= 0.3 is 5.97 Å². The van der Waals surface area contributed by atoms with Gasteiger partial charge in [-0.15, -0.1) is 0 Å². The molecule has 0 fully saturated rings. The van der Waals surface area contributed by atoms with Crippen LogP contribution in [0.3, 0.4) is 0 Å². The first-order valence-corrected chi connectivity index (χ1v) is 14.4. The van der Waals surface area contributed by atoms with Crippen molar-refractivity contribution in [1.82, 2.24) is 14.8 Å². The van der Waals surface area contributed by atoms with E-state index in [0.717, 1.165) is 45.3 Å². The van der Waals surface area contributed by atoms with Gasteiger partial charge in [-0.1, -0.05) is 40.2 Å². The number of benzene rings is 3. The smallest absolute Gasteiger partial charge is 0.303 e. The first kappa shape index (κ1) is 31.0. The molecule has 1 amide bonds. The number of carbonyl (C=O) groups is 2. The number of carboxylic acids is 1. The summed E-state index contributed by atoms with van der Waals surface area (Å²) >= 11 is 3.48. The predicted octanol–water partition coefficient (Wildman–Crippen LogP) is 5.28. The zero-order valence-electron chi connectivity index (χ0n) is 24.3. The van der Waals surface area contributed by atoms with E-state index in [2.05, 4.69) is 25.8 Å². The monoisotopic (exact) mass is 633 g/mol. The van der Waals surface area contributed by atoms with E-state index < -0.39 is 5.97 Å². The lowest BCUT2D eigenvalue weighted by Crippen LogP contribution is -2.39. The maximum Gasteiger partial charge on any atom is 0.303 e. The van der Waals surface area contributed by atoms with Gasteiger partial charge in [0.1, 0.15) is 0 Å². The first-order chi connectivity index (χ1) is 20.0. The highest BCUT2D eigenvalue weighted by atomic mass is 79.9. The number of aliphatic carboxylic acids is 1. The number of anilines is 1. The van der Waals surface area contributed by atoms with Crippen molar-refractivity contribution in [1.29, 1.82) is 0 Å². The highest BCUT2D eigenvalue weighted by Gasteiger charge is 2.20. The van der Waals surface area contributed by atoms with E-state index in [1.165, 1.54) is 0 Å². The Morgan fingerprint density at radius 1 is 0.952 bits per heavy atom. The van der Waals surface area contributed by atoms with Crippen LogP contribution in [-0.2, 0) is 16.0 Å². The number of amides is 1. The zero-order chi connectivity index (χ0) is 30.4. The molecule has 3 aromatic carbocycles. The number of H-pyrrole nitrogens is 1. The average Bonchev–Trinajstić information content (AvgIpc) is 3.28. The number of rotatable bonds is 12. The molecule has 1 heterocycles. The molecule has 0 unspecified atom stereocenters. The van der Waals surface area contributed by atoms with Gasteiger partial charge in [-0.25, -0.2) is 4.99 Å². The fraction of sp³-hybridized carbons (Fsp3) is 0.281. The maximum atomic E-state index is 12.9. The molecule has 0 aliphatic carbocycles. The number of likely N-dealkylation sites (N-methyl/N-ethyl adjacent to an activating group) is 3. The minimum atomic E-state index is -0.863. The fourth-order valence-electron chi connectivity index (χ4n) is 4.60. The van der Waals surface area contributed by atoms with Crippen molar-refractivity contribution in [2.24, 2.45) is 4.99 Å². The third-order valence-electron chi connectivity index (χ3n) is 6.99. The third-order valence-corrected chi connectivity index (χ3v) is 7.48. The van der Waals surface area contributed by atoms with Crippen molar-refractivity contribution in [3.05, 3.63) is 87.9 Å². The van der Waals surface area contributed by atoms with Gasteiger partial charge in [-0.05, 0) is 75.6 Å². The molecule has 4 rings (SSSR count). The van der Waals surface area contributed by atoms with E-state index in [9.17, 15) is 14.7 Å². The molecule has 9 nitrogen and oxygen atoms in total. The van der Waals surface area contributed by atoms with E-state index in [0.29, 0.717) is 29.9 Å². The molecular formula is C32H36BrN5O4. The van der Waals surface area contributed by atoms with Crippen LogP contribution in [0.4, 0.5) is 11.4 Å². The lowest BCUT2D eigenvalue weighted by molar-refractivity contribution is -0.137. The Kier molecular flexibility index (Phi) is 10.2. The van der Waals surface area contributed by atoms with Crippen molar-refractivity contribution in [3.8, 4) is 5.88 Å². The zero-order valence-corrected chi connectivity index (χ0v) is 25.9. The molecule has 3 N–H and O–H groups in total. The summed E-state index contributed by atoms with van der Waals surface area (Å²) < 4.78 is 0.870. The van der Waals surface area contributed by atoms with Crippen LogP contribution in [0.1, 0.15) is 23.1 Å². The number of carboxylic acid groups (broad SMARTS) is 1. The Morgan fingerprint density at radius 3 is 2.38 bits per heavy atom. The number of halogens is 1. The van der Waals surface area contributed by atoms with Crippen LogP contribution < -0.4 is 4.90 Å². The molecule has 0 saturated carbocycles. The summed E-state index contributed by atoms with van der Waals surface area (Å²) in [6.07, 6.45) is 0.393. The number of aliphatic imine (C=N–C) groups is 1. The quantitative estimate of drug-likeness (QED) is 0.183. The standard InChI is InChI=1S/C32H36BrN5O4/c1-36(2)16-17-37(3)20-28(39)38(4)25-12-10-24(11-13-25)34-31(22-7-5-6-21(18-22)8-15-29(40)41)30-26-14-9-23(33)19-27(26)35-32(30)42/h5-7,9-14,18-19,35,42H,8,15-17,20H2,1-4H3,(H,40,41). The summed E-state index contributed by atoms with van der Waals surface area (Å²) in [4.78, 5) is 37.8. The minimum Gasteiger partial charge on any atom is -0.494 e. The lowest BCUT2D eigenvalue weighted by Gasteiger charge is -2.23. The number of nitrogens with zero attached hydrogens (tertiary/aromatic N) is 4. The third kappa shape index (κ3) is 7.84. The van der Waals surface area contributed by atoms with E-state index >= 15 is 0 Å². The van der Waals surface area contributed by atoms with Gasteiger partial charge < -0.3 is 25.0 Å². The molecule has 10 heteroatoms. The molecule has 220 valence electrons. The van der Waals surface area contributed by atoms with Gasteiger partial charge in [0.25, 0.3) is 0 Å². The number of hydrogen-bond acceptors (Lipinski definition) is 6. The molecule has 0 bridgehead atoms. The van der Waals surface area contributed by atoms with Crippen LogP contribution in [0.25, 0.3) is 10.9 Å². The van der Waals surface area contributed by atoms with E-state index in [1.807, 2.05) is 92.8 Å². The number of carbonyl (C=O) groups excluding carboxylic acids is 1. The highest BCUT2D eigenvalue weighted by Crippen LogP contribution is 2.33. The van der Waals surface area contributed by atoms with Crippen molar-refractivity contribution in [2.45, 2.75) is 12.8 Å². The van der Waals surface area contributed by atoms with E-state index in [-0.39, 0.29) is 18.2 Å². The topological polar surface area (TPSA) is 112 Å². The molecule has 0 saturated heterocycles. The van der Waals surface area contributed by atoms with Crippen molar-refractivity contribution in [2.75, 3.05) is 52.7 Å². The van der Waals surface area contributed by atoms with Crippen molar-refractivity contribution in [3.63, 3.8) is 0 Å². The largest absolute Gasteiger partial charge is 0.494 e. The Morgan fingerprint density at radius 2 is 1.69 bits per heavy atom. The Balaban J connectivity index is 1.68. The molecule has 0 aliphatic heterocycles. The summed E-state index contributed by atoms with van der Waals surface area (Å²) in [5.41, 5.74) is 4.82. The second kappa shape index (κ2) is 13.8. The van der Waals surface area contributed by atoms with E-state index in [4.69, 9.17) is 10.1 Å². The van der Waals surface area contributed by atoms with Crippen molar-refractivity contribution < 1.29 is 19.8 Å². The Hall–Kier alpha value is -3.99. The summed E-state index contributed by atoms with van der Waals surface area (Å²) in [5, 5.41) is 21.0. The summed E-state index contributed by atoms with van der Waals surface area (Å²) in [5.74, 6) is -0.891. The highest BCUT2D eigenvalue weighted by molar-refractivity contribution is 9.10. The minimum absolute atomic E-state index is 0.0127. The SMILES string of the molecule is CN(C)CCN(C)CC(=O)N(C)c1ccc(N=C(c2cccc(CCC(=O)O)c2)c2c(O)[nH]c3cc(Br)ccc23)cc1. The van der Waals surface area contributed by atoms with Crippen molar-refractivity contribution >= 4 is 55.8 Å². The molecule has 0 radical (unpaired) electrons. The normalized spacial score (nSPS) is 11.9. The second-order valence-electron chi connectivity index (χ2n) is 10.6. The molecule has 0 aliphatic rings. The first-order valence-electron chi connectivity index (χ1n) is 13.6. The number of aromatic nitrogens is 1. The molecule has 0 atom stereocenters. The van der Waals surface area contributed by atoms with Gasteiger partial charge in [0.15, 0.2) is 5.88 Å². The van der Waals surface area contributed by atoms with Gasteiger partial charge in [-0.3, -0.25) is 14.5 Å². The van der Waals surface area contributed by atoms with Crippen LogP contribution in [0.2, 0.25) is 0 Å². The molecular weight excluding hydrogens is 598 g/mol.